The summed E-state index contributed by atoms with van der Waals surface area (Å²) in [6.07, 6.45) is 2.15. The molecule has 7 nitrogen and oxygen atoms in total. The fourth-order valence-corrected chi connectivity index (χ4v) is 14.0. The summed E-state index contributed by atoms with van der Waals surface area (Å²) in [6, 6.07) is 103. The maximum Gasteiger partial charge on any atom is 0.256 e. The molecule has 0 radical (unpaired) electrons. The second kappa shape index (κ2) is 19.5. The van der Waals surface area contributed by atoms with Gasteiger partial charge in [-0.05, 0) is 160 Å². The van der Waals surface area contributed by atoms with E-state index in [2.05, 4.69) is 310 Å². The highest BCUT2D eigenvalue weighted by Gasteiger charge is 2.48. The largest absolute Gasteiger partial charge is 0.458 e. The molecule has 396 valence electrons. The Balaban J connectivity index is 0.951. The third kappa shape index (κ3) is 7.69. The summed E-state index contributed by atoms with van der Waals surface area (Å²) in [5.41, 5.74) is 23.4. The predicted octanol–water partition coefficient (Wildman–Crippen LogP) is 15.5. The summed E-state index contributed by atoms with van der Waals surface area (Å²) < 4.78 is 14.8. The zero-order valence-electron chi connectivity index (χ0n) is 46.0. The molecule has 5 aliphatic rings. The molecule has 5 aliphatic heterocycles. The number of fused-ring (bicyclic) bond motifs is 9. The van der Waals surface area contributed by atoms with Gasteiger partial charge >= 0.3 is 0 Å². The molecule has 5 heterocycles. The Kier molecular flexibility index (Phi) is 11.2. The van der Waals surface area contributed by atoms with Crippen molar-refractivity contribution in [2.75, 3.05) is 31.0 Å². The third-order valence-electron chi connectivity index (χ3n) is 17.6. The van der Waals surface area contributed by atoms with Gasteiger partial charge in [0.25, 0.3) is 13.4 Å². The van der Waals surface area contributed by atoms with Crippen LogP contribution >= 0.6 is 0 Å². The zero-order valence-corrected chi connectivity index (χ0v) is 46.0. The number of ether oxygens (including phenoxy) is 2. The maximum absolute atomic E-state index is 7.54. The van der Waals surface area contributed by atoms with Gasteiger partial charge in [0.2, 0.25) is 0 Å². The molecule has 0 amide bonds. The number of hydrogen-bond acceptors (Lipinski definition) is 7. The number of benzene rings is 12. The van der Waals surface area contributed by atoms with E-state index in [1.54, 1.807) is 0 Å². The minimum Gasteiger partial charge on any atom is -0.458 e. The topological polar surface area (TPSA) is 34.7 Å². The maximum atomic E-state index is 7.54. The molecule has 0 saturated heterocycles. The van der Waals surface area contributed by atoms with Crippen molar-refractivity contribution in [2.24, 2.45) is 0 Å². The first kappa shape index (κ1) is 48.1. The van der Waals surface area contributed by atoms with Gasteiger partial charge < -0.3 is 34.0 Å². The number of nitrogens with zero attached hydrogens (tertiary/aromatic N) is 5. The minimum atomic E-state index is -0.202. The monoisotopic (exact) mass is 1080 g/mol. The van der Waals surface area contributed by atoms with Gasteiger partial charge in [0.1, 0.15) is 23.0 Å². The van der Waals surface area contributed by atoms with Crippen LogP contribution in [0.5, 0.6) is 23.0 Å². The van der Waals surface area contributed by atoms with Crippen molar-refractivity contribution in [3.63, 3.8) is 0 Å². The summed E-state index contributed by atoms with van der Waals surface area (Å²) in [5, 5.41) is 0. The molecule has 0 bridgehead atoms. The molecule has 0 fully saturated rings. The Morgan fingerprint density at radius 2 is 0.738 bits per heavy atom. The minimum absolute atomic E-state index is 0.171. The lowest BCUT2D eigenvalue weighted by molar-refractivity contribution is 0.487. The molecule has 17 rings (SSSR count). The summed E-state index contributed by atoms with van der Waals surface area (Å²) in [5.74, 6) is 3.39. The van der Waals surface area contributed by atoms with Crippen molar-refractivity contribution < 1.29 is 9.47 Å². The Morgan fingerprint density at radius 3 is 1.26 bits per heavy atom. The predicted molar refractivity (Wildman–Crippen MR) is 349 cm³/mol. The zero-order chi connectivity index (χ0) is 55.2. The molecule has 0 aliphatic carbocycles. The number of hydrogen-bond donors (Lipinski definition) is 0. The lowest BCUT2D eigenvalue weighted by Gasteiger charge is -2.45. The highest BCUT2D eigenvalue weighted by Crippen LogP contribution is 2.50. The van der Waals surface area contributed by atoms with Crippen LogP contribution in [0.15, 0.2) is 285 Å². The number of anilines is 14. The fourth-order valence-electron chi connectivity index (χ4n) is 14.0. The molecule has 0 aromatic heterocycles. The van der Waals surface area contributed by atoms with Crippen molar-refractivity contribution in [2.45, 2.75) is 12.8 Å². The van der Waals surface area contributed by atoms with Gasteiger partial charge in [-0.15, -0.1) is 0 Å². The van der Waals surface area contributed by atoms with Crippen LogP contribution in [0.4, 0.5) is 79.6 Å². The van der Waals surface area contributed by atoms with E-state index in [1.807, 2.05) is 0 Å². The van der Waals surface area contributed by atoms with Crippen molar-refractivity contribution in [1.82, 2.24) is 0 Å². The Morgan fingerprint density at radius 1 is 0.298 bits per heavy atom. The number of aryl methyl sites for hydroxylation is 1. The first-order valence-corrected chi connectivity index (χ1v) is 29.2. The molecule has 12 aromatic rings. The molecule has 9 heteroatoms. The normalized spacial score (nSPS) is 13.6. The van der Waals surface area contributed by atoms with Crippen LogP contribution in [0.3, 0.4) is 0 Å². The molecule has 0 spiro atoms. The van der Waals surface area contributed by atoms with E-state index in [4.69, 9.17) is 9.47 Å². The standard InChI is InChI=1S/C75H53B2N5O2/c1-7-26-52(27-8-1)79(53-28-9-2-10-29-53)59-44-68-74-72(47-59)83-70-40-22-20-38-61(70)76(74)63-49-64-67(50-66(63)81(68)56-34-15-5-16-35-56)82(57-36-17-6-18-37-57)69-45-60(80(54-30-11-3-12-31-54)55-32-13-4-14-33-55)48-73-75(69)77(64)62-42-41-58(46-71(62)84-73)78-43-23-25-51-24-19-21-39-65(51)78/h1-22,24,26-42,44-50H,23,25,43H2. The van der Waals surface area contributed by atoms with E-state index in [0.717, 1.165) is 138 Å². The Hall–Kier alpha value is -10.6. The second-order valence-electron chi connectivity index (χ2n) is 22.3. The van der Waals surface area contributed by atoms with Crippen molar-refractivity contribution in [3.8, 4) is 23.0 Å². The summed E-state index contributed by atoms with van der Waals surface area (Å²) in [7, 11) is 0. The SMILES string of the molecule is c1ccc(N(c2ccccc2)c2cc3c4c(c2)N(c2ccccc2)c2cc5c(cc2B4c2ccccc2O3)B2c3ccc(N4CCCc6ccccc64)cc3Oc3cc(N(c4ccccc4)c4ccccc4)cc(c32)N5c2ccccc2)cc1. The van der Waals surface area contributed by atoms with Crippen LogP contribution in [-0.4, -0.2) is 20.0 Å². The summed E-state index contributed by atoms with van der Waals surface area (Å²) in [6.45, 7) is 0.558. The molecule has 12 aromatic carbocycles. The van der Waals surface area contributed by atoms with Gasteiger partial charge in [-0.2, -0.15) is 0 Å². The van der Waals surface area contributed by atoms with Crippen LogP contribution in [0.2, 0.25) is 0 Å². The molecule has 0 unspecified atom stereocenters. The van der Waals surface area contributed by atoms with Gasteiger partial charge in [0.15, 0.2) is 0 Å². The van der Waals surface area contributed by atoms with E-state index in [-0.39, 0.29) is 13.4 Å². The smallest absolute Gasteiger partial charge is 0.256 e. The quantitative estimate of drug-likeness (QED) is 0.133. The lowest BCUT2D eigenvalue weighted by atomic mass is 9.31. The fraction of sp³-hybridized carbons (Fsp3) is 0.0400. The third-order valence-corrected chi connectivity index (χ3v) is 17.6. The van der Waals surface area contributed by atoms with Crippen molar-refractivity contribution >= 4 is 126 Å². The van der Waals surface area contributed by atoms with Crippen molar-refractivity contribution in [1.29, 1.82) is 0 Å². The Labute approximate surface area is 490 Å². The molecule has 84 heavy (non-hydrogen) atoms. The highest BCUT2D eigenvalue weighted by molar-refractivity contribution is 7.02. The lowest BCUT2D eigenvalue weighted by Crippen LogP contribution is -2.63. The number of para-hydroxylation sites is 8. The highest BCUT2D eigenvalue weighted by atomic mass is 16.5. The molecule has 0 N–H and O–H groups in total. The Bertz CT molecular complexity index is 4440. The van der Waals surface area contributed by atoms with Crippen LogP contribution in [-0.2, 0) is 6.42 Å². The molecular formula is C75H53B2N5O2. The first-order valence-electron chi connectivity index (χ1n) is 29.2. The van der Waals surface area contributed by atoms with Gasteiger partial charge in [-0.3, -0.25) is 0 Å². The van der Waals surface area contributed by atoms with E-state index < -0.39 is 0 Å². The van der Waals surface area contributed by atoms with E-state index in [0.29, 0.717) is 0 Å². The molecular weight excluding hydrogens is 1020 g/mol. The van der Waals surface area contributed by atoms with Gasteiger partial charge in [-0.25, -0.2) is 0 Å². The van der Waals surface area contributed by atoms with Gasteiger partial charge in [0, 0.05) is 93.0 Å². The van der Waals surface area contributed by atoms with E-state index >= 15 is 0 Å². The van der Waals surface area contributed by atoms with Gasteiger partial charge in [-0.1, -0.05) is 158 Å². The van der Waals surface area contributed by atoms with Gasteiger partial charge in [0.05, 0.1) is 11.4 Å². The first-order chi connectivity index (χ1) is 41.7. The molecule has 0 saturated carbocycles. The average Bonchev–Trinajstić information content (AvgIpc) is 1.21. The number of rotatable bonds is 9. The van der Waals surface area contributed by atoms with Crippen LogP contribution < -0.4 is 66.8 Å². The van der Waals surface area contributed by atoms with Crippen molar-refractivity contribution in [3.05, 3.63) is 291 Å². The van der Waals surface area contributed by atoms with E-state index in [9.17, 15) is 0 Å². The van der Waals surface area contributed by atoms with Crippen LogP contribution in [0.1, 0.15) is 12.0 Å². The van der Waals surface area contributed by atoms with E-state index in [1.165, 1.54) is 22.2 Å². The van der Waals surface area contributed by atoms with Crippen LogP contribution in [0, 0.1) is 0 Å². The second-order valence-corrected chi connectivity index (χ2v) is 22.3. The average molecular weight is 1080 g/mol. The molecule has 0 atom stereocenters. The summed E-state index contributed by atoms with van der Waals surface area (Å²) >= 11 is 0. The van der Waals surface area contributed by atoms with Crippen LogP contribution in [0.25, 0.3) is 0 Å². The summed E-state index contributed by atoms with van der Waals surface area (Å²) in [4.78, 5) is 12.2.